The summed E-state index contributed by atoms with van der Waals surface area (Å²) in [6.45, 7) is 0.795. The van der Waals surface area contributed by atoms with Crippen molar-refractivity contribution >= 4 is 23.5 Å². The van der Waals surface area contributed by atoms with Crippen molar-refractivity contribution in [1.29, 1.82) is 5.41 Å². The minimum absolute atomic E-state index is 0.0422. The Hall–Kier alpha value is -4.13. The van der Waals surface area contributed by atoms with Crippen molar-refractivity contribution in [1.82, 2.24) is 4.90 Å². The molecule has 3 N–H and O–H groups in total. The van der Waals surface area contributed by atoms with Gasteiger partial charge in [-0.1, -0.05) is 66.7 Å². The number of benzene rings is 3. The fourth-order valence-corrected chi connectivity index (χ4v) is 4.04. The van der Waals surface area contributed by atoms with Gasteiger partial charge in [0.25, 0.3) is 0 Å². The van der Waals surface area contributed by atoms with E-state index in [1.165, 1.54) is 7.11 Å². The lowest BCUT2D eigenvalue weighted by atomic mass is 9.99. The summed E-state index contributed by atoms with van der Waals surface area (Å²) in [4.78, 5) is 28.3. The standard InChI is InChI=1S/C26H26N4O3/c1-33-24(31)15-16-29-17-23(30(26(29)32)22-5-3-2-4-6-22)20-11-7-18(8-12-20)19-9-13-21(14-10-19)25(27)28/h2-14,23H,15-17H2,1H3,(H3,27,28). The van der Waals surface area contributed by atoms with E-state index in [1.54, 1.807) is 9.80 Å². The number of methoxy groups -OCH3 is 1. The number of nitrogens with one attached hydrogen (secondary N) is 1. The maximum absolute atomic E-state index is 13.2. The molecule has 0 radical (unpaired) electrons. The highest BCUT2D eigenvalue weighted by Gasteiger charge is 2.39. The molecular formula is C26H26N4O3. The number of ether oxygens (including phenoxy) is 1. The van der Waals surface area contributed by atoms with E-state index in [4.69, 9.17) is 15.9 Å². The number of rotatable bonds is 7. The number of carbonyl (C=O) groups excluding carboxylic acids is 2. The predicted molar refractivity (Wildman–Crippen MR) is 128 cm³/mol. The number of para-hydroxylation sites is 1. The number of carbonyl (C=O) groups is 2. The number of nitrogen functional groups attached to an aromatic ring is 1. The van der Waals surface area contributed by atoms with Gasteiger partial charge in [-0.15, -0.1) is 0 Å². The van der Waals surface area contributed by atoms with Gasteiger partial charge in [-0.2, -0.15) is 0 Å². The molecule has 33 heavy (non-hydrogen) atoms. The molecule has 1 aliphatic heterocycles. The summed E-state index contributed by atoms with van der Waals surface area (Å²) >= 11 is 0. The Morgan fingerprint density at radius 2 is 1.61 bits per heavy atom. The normalized spacial score (nSPS) is 15.5. The van der Waals surface area contributed by atoms with E-state index in [-0.39, 0.29) is 30.3 Å². The third kappa shape index (κ3) is 4.72. The SMILES string of the molecule is COC(=O)CCN1CC(c2ccc(-c3ccc(C(=N)N)cc3)cc2)N(c2ccccc2)C1=O. The van der Waals surface area contributed by atoms with Crippen LogP contribution in [0.5, 0.6) is 0 Å². The molecule has 1 unspecified atom stereocenters. The molecule has 1 fully saturated rings. The van der Waals surface area contributed by atoms with Crippen LogP contribution in [-0.2, 0) is 9.53 Å². The lowest BCUT2D eigenvalue weighted by molar-refractivity contribution is -0.140. The van der Waals surface area contributed by atoms with Crippen molar-refractivity contribution in [2.75, 3.05) is 25.1 Å². The number of amides is 2. The fourth-order valence-electron chi connectivity index (χ4n) is 4.04. The molecule has 4 rings (SSSR count). The molecule has 0 bridgehead atoms. The highest BCUT2D eigenvalue weighted by Crippen LogP contribution is 2.35. The van der Waals surface area contributed by atoms with Crippen LogP contribution in [0, 0.1) is 5.41 Å². The molecule has 1 atom stereocenters. The molecule has 7 nitrogen and oxygen atoms in total. The lowest BCUT2D eigenvalue weighted by Gasteiger charge is -2.24. The second-order valence-electron chi connectivity index (χ2n) is 7.89. The first-order valence-electron chi connectivity index (χ1n) is 10.7. The number of amidine groups is 1. The zero-order valence-corrected chi connectivity index (χ0v) is 18.4. The maximum atomic E-state index is 13.2. The van der Waals surface area contributed by atoms with Crippen molar-refractivity contribution in [2.24, 2.45) is 5.73 Å². The molecular weight excluding hydrogens is 416 g/mol. The van der Waals surface area contributed by atoms with Gasteiger partial charge in [-0.3, -0.25) is 15.1 Å². The van der Waals surface area contributed by atoms with Crippen LogP contribution in [0.25, 0.3) is 11.1 Å². The molecule has 0 saturated carbocycles. The van der Waals surface area contributed by atoms with Crippen LogP contribution in [-0.4, -0.2) is 42.9 Å². The Balaban J connectivity index is 1.60. The third-order valence-electron chi connectivity index (χ3n) is 5.85. The van der Waals surface area contributed by atoms with Gasteiger partial charge in [0.2, 0.25) is 0 Å². The first-order valence-corrected chi connectivity index (χ1v) is 10.7. The van der Waals surface area contributed by atoms with Crippen LogP contribution in [0.15, 0.2) is 78.9 Å². The van der Waals surface area contributed by atoms with Gasteiger partial charge in [-0.25, -0.2) is 4.79 Å². The van der Waals surface area contributed by atoms with E-state index < -0.39 is 0 Å². The molecule has 0 aromatic heterocycles. The van der Waals surface area contributed by atoms with Crippen LogP contribution < -0.4 is 10.6 Å². The molecule has 168 valence electrons. The zero-order valence-electron chi connectivity index (χ0n) is 18.4. The maximum Gasteiger partial charge on any atom is 0.325 e. The Kier molecular flexibility index (Phi) is 6.40. The van der Waals surface area contributed by atoms with E-state index >= 15 is 0 Å². The van der Waals surface area contributed by atoms with E-state index in [2.05, 4.69) is 0 Å². The molecule has 3 aromatic rings. The lowest BCUT2D eigenvalue weighted by Crippen LogP contribution is -2.33. The summed E-state index contributed by atoms with van der Waals surface area (Å²) in [6.07, 6.45) is 0.160. The fraction of sp³-hybridized carbons (Fsp3) is 0.192. The van der Waals surface area contributed by atoms with E-state index in [0.717, 1.165) is 22.4 Å². The first kappa shape index (κ1) is 22.1. The van der Waals surface area contributed by atoms with Crippen LogP contribution in [0.4, 0.5) is 10.5 Å². The second kappa shape index (κ2) is 9.56. The molecule has 1 aliphatic rings. The van der Waals surface area contributed by atoms with Gasteiger partial charge >= 0.3 is 12.0 Å². The summed E-state index contributed by atoms with van der Waals surface area (Å²) in [5.41, 5.74) is 10.1. The van der Waals surface area contributed by atoms with Crippen molar-refractivity contribution in [2.45, 2.75) is 12.5 Å². The van der Waals surface area contributed by atoms with Gasteiger partial charge < -0.3 is 15.4 Å². The van der Waals surface area contributed by atoms with Crippen LogP contribution >= 0.6 is 0 Å². The van der Waals surface area contributed by atoms with Crippen LogP contribution in [0.2, 0.25) is 0 Å². The Morgan fingerprint density at radius 3 is 2.18 bits per heavy atom. The summed E-state index contributed by atoms with van der Waals surface area (Å²) in [7, 11) is 1.35. The first-order chi connectivity index (χ1) is 16.0. The molecule has 0 spiro atoms. The topological polar surface area (TPSA) is 99.7 Å². The van der Waals surface area contributed by atoms with Gasteiger partial charge in [-0.05, 0) is 28.8 Å². The smallest absolute Gasteiger partial charge is 0.325 e. The molecule has 2 amide bonds. The third-order valence-corrected chi connectivity index (χ3v) is 5.85. The number of urea groups is 1. The molecule has 7 heteroatoms. The Labute approximate surface area is 192 Å². The van der Waals surface area contributed by atoms with Crippen molar-refractivity contribution in [3.05, 3.63) is 90.0 Å². The minimum Gasteiger partial charge on any atom is -0.469 e. The van der Waals surface area contributed by atoms with E-state index in [9.17, 15) is 9.59 Å². The molecule has 1 heterocycles. The highest BCUT2D eigenvalue weighted by atomic mass is 16.5. The van der Waals surface area contributed by atoms with E-state index in [0.29, 0.717) is 18.7 Å². The number of hydrogen-bond donors (Lipinski definition) is 2. The highest BCUT2D eigenvalue weighted by molar-refractivity contribution is 5.96. The monoisotopic (exact) mass is 442 g/mol. The quantitative estimate of drug-likeness (QED) is 0.326. The van der Waals surface area contributed by atoms with Crippen LogP contribution in [0.1, 0.15) is 23.6 Å². The van der Waals surface area contributed by atoms with E-state index in [1.807, 2.05) is 78.9 Å². The zero-order chi connectivity index (χ0) is 23.4. The summed E-state index contributed by atoms with van der Waals surface area (Å²) < 4.78 is 4.73. The van der Waals surface area contributed by atoms with Crippen LogP contribution in [0.3, 0.4) is 0 Å². The number of nitrogens with zero attached hydrogens (tertiary/aromatic N) is 2. The van der Waals surface area contributed by atoms with Crippen molar-refractivity contribution < 1.29 is 14.3 Å². The van der Waals surface area contributed by atoms with Crippen molar-refractivity contribution in [3.8, 4) is 11.1 Å². The Bertz CT molecular complexity index is 1140. The average molecular weight is 443 g/mol. The summed E-state index contributed by atoms with van der Waals surface area (Å²) in [5.74, 6) is -0.293. The average Bonchev–Trinajstić information content (AvgIpc) is 3.19. The van der Waals surface area contributed by atoms with Gasteiger partial charge in [0.05, 0.1) is 19.6 Å². The largest absolute Gasteiger partial charge is 0.469 e. The number of esters is 1. The van der Waals surface area contributed by atoms with Crippen molar-refractivity contribution in [3.63, 3.8) is 0 Å². The number of anilines is 1. The van der Waals surface area contributed by atoms with Gasteiger partial charge in [0, 0.05) is 24.3 Å². The molecule has 3 aromatic carbocycles. The Morgan fingerprint density at radius 1 is 1.00 bits per heavy atom. The second-order valence-corrected chi connectivity index (χ2v) is 7.89. The summed E-state index contributed by atoms with van der Waals surface area (Å²) in [6, 6.07) is 24.9. The van der Waals surface area contributed by atoms with Gasteiger partial charge in [0.1, 0.15) is 5.84 Å². The predicted octanol–water partition coefficient (Wildman–Crippen LogP) is 4.18. The summed E-state index contributed by atoms with van der Waals surface area (Å²) in [5, 5.41) is 7.54. The number of hydrogen-bond acceptors (Lipinski definition) is 4. The molecule has 0 aliphatic carbocycles. The molecule has 1 saturated heterocycles. The minimum atomic E-state index is -0.336. The van der Waals surface area contributed by atoms with Gasteiger partial charge in [0.15, 0.2) is 0 Å². The number of nitrogens with two attached hydrogens (primary N) is 1.